The second kappa shape index (κ2) is 4.76. The molecule has 3 rings (SSSR count). The van der Waals surface area contributed by atoms with E-state index in [0.29, 0.717) is 6.54 Å². The molecule has 2 fully saturated rings. The summed E-state index contributed by atoms with van der Waals surface area (Å²) in [5.74, 6) is 0. The Morgan fingerprint density at radius 3 is 2.53 bits per heavy atom. The molecular weight excluding hydrogens is 258 g/mol. The van der Waals surface area contributed by atoms with Gasteiger partial charge >= 0.3 is 0 Å². The largest absolute Gasteiger partial charge is 0.388 e. The van der Waals surface area contributed by atoms with E-state index in [1.165, 1.54) is 18.4 Å². The Labute approximate surface area is 120 Å². The highest BCUT2D eigenvalue weighted by Gasteiger charge is 2.53. The van der Waals surface area contributed by atoms with Gasteiger partial charge in [-0.15, -0.1) is 0 Å². The van der Waals surface area contributed by atoms with Gasteiger partial charge in [-0.05, 0) is 49.9 Å². The zero-order chi connectivity index (χ0) is 13.5. The number of β-amino-alcohol motifs (C(OH)–C–C–N with tert-alkyl or cyclic N) is 1. The van der Waals surface area contributed by atoms with Gasteiger partial charge in [0.2, 0.25) is 0 Å². The Morgan fingerprint density at radius 2 is 1.95 bits per heavy atom. The van der Waals surface area contributed by atoms with Crippen LogP contribution in [-0.4, -0.2) is 23.8 Å². The first-order chi connectivity index (χ1) is 9.07. The van der Waals surface area contributed by atoms with Crippen LogP contribution in [0.5, 0.6) is 0 Å². The standard InChI is InChI=1S/C16H22ClNO/c1-12-4-5-13(10-14(12)17)15(6-2-3-7-15)16(19)8-9-18-11-16/h4-5,10,18-19H,2-3,6-9,11H2,1H3/t16-/m1/s1. The Kier molecular flexibility index (Phi) is 3.36. The van der Waals surface area contributed by atoms with E-state index in [4.69, 9.17) is 11.6 Å². The van der Waals surface area contributed by atoms with Crippen LogP contribution in [0.4, 0.5) is 0 Å². The van der Waals surface area contributed by atoms with Crippen LogP contribution < -0.4 is 5.32 Å². The molecule has 0 bridgehead atoms. The molecule has 0 amide bonds. The van der Waals surface area contributed by atoms with Gasteiger partial charge in [-0.2, -0.15) is 0 Å². The molecule has 2 nitrogen and oxygen atoms in total. The zero-order valence-electron chi connectivity index (χ0n) is 11.5. The smallest absolute Gasteiger partial charge is 0.0879 e. The van der Waals surface area contributed by atoms with Gasteiger partial charge in [0.1, 0.15) is 0 Å². The van der Waals surface area contributed by atoms with Crippen LogP contribution in [0.15, 0.2) is 18.2 Å². The van der Waals surface area contributed by atoms with Crippen LogP contribution >= 0.6 is 11.6 Å². The molecule has 0 unspecified atom stereocenters. The summed E-state index contributed by atoms with van der Waals surface area (Å²) < 4.78 is 0. The normalized spacial score (nSPS) is 29.8. The minimum Gasteiger partial charge on any atom is -0.388 e. The van der Waals surface area contributed by atoms with Crippen molar-refractivity contribution in [2.24, 2.45) is 0 Å². The first kappa shape index (κ1) is 13.4. The van der Waals surface area contributed by atoms with Crippen LogP contribution in [-0.2, 0) is 5.41 Å². The maximum Gasteiger partial charge on any atom is 0.0879 e. The van der Waals surface area contributed by atoms with Crippen LogP contribution in [0.1, 0.15) is 43.2 Å². The van der Waals surface area contributed by atoms with Crippen LogP contribution in [0.25, 0.3) is 0 Å². The SMILES string of the molecule is Cc1ccc(C2([C@@]3(O)CCNC3)CCCC2)cc1Cl. The molecule has 2 N–H and O–H groups in total. The van der Waals surface area contributed by atoms with E-state index in [1.807, 2.05) is 6.92 Å². The summed E-state index contributed by atoms with van der Waals surface area (Å²) in [5.41, 5.74) is 1.62. The summed E-state index contributed by atoms with van der Waals surface area (Å²) in [6.07, 6.45) is 5.40. The summed E-state index contributed by atoms with van der Waals surface area (Å²) in [5, 5.41) is 15.3. The molecule has 3 heteroatoms. The second-order valence-electron chi connectivity index (χ2n) is 6.21. The number of rotatable bonds is 2. The van der Waals surface area contributed by atoms with E-state index in [2.05, 4.69) is 23.5 Å². The summed E-state index contributed by atoms with van der Waals surface area (Å²) in [7, 11) is 0. The topological polar surface area (TPSA) is 32.3 Å². The van der Waals surface area contributed by atoms with Crippen molar-refractivity contribution in [3.63, 3.8) is 0 Å². The van der Waals surface area contributed by atoms with Gasteiger partial charge in [0, 0.05) is 17.0 Å². The molecule has 19 heavy (non-hydrogen) atoms. The maximum atomic E-state index is 11.1. The lowest BCUT2D eigenvalue weighted by Crippen LogP contribution is -2.51. The molecule has 1 saturated carbocycles. The number of benzene rings is 1. The summed E-state index contributed by atoms with van der Waals surface area (Å²) in [6, 6.07) is 6.34. The van der Waals surface area contributed by atoms with Gasteiger partial charge in [-0.1, -0.05) is 36.6 Å². The molecule has 1 aliphatic carbocycles. The van der Waals surface area contributed by atoms with Crippen molar-refractivity contribution in [3.05, 3.63) is 34.3 Å². The Morgan fingerprint density at radius 1 is 1.21 bits per heavy atom. The van der Waals surface area contributed by atoms with Gasteiger partial charge in [0.15, 0.2) is 0 Å². The highest BCUT2D eigenvalue weighted by molar-refractivity contribution is 6.31. The van der Waals surface area contributed by atoms with E-state index in [9.17, 15) is 5.11 Å². The molecule has 1 saturated heterocycles. The fraction of sp³-hybridized carbons (Fsp3) is 0.625. The van der Waals surface area contributed by atoms with Gasteiger partial charge < -0.3 is 10.4 Å². The van der Waals surface area contributed by atoms with E-state index < -0.39 is 5.60 Å². The lowest BCUT2D eigenvalue weighted by molar-refractivity contribution is -0.0210. The fourth-order valence-corrected chi connectivity index (χ4v) is 4.16. The molecule has 0 aromatic heterocycles. The molecule has 1 atom stereocenters. The monoisotopic (exact) mass is 279 g/mol. The van der Waals surface area contributed by atoms with Crippen molar-refractivity contribution in [1.82, 2.24) is 5.32 Å². The van der Waals surface area contributed by atoms with E-state index in [1.54, 1.807) is 0 Å². The van der Waals surface area contributed by atoms with Crippen molar-refractivity contribution < 1.29 is 5.11 Å². The predicted octanol–water partition coefficient (Wildman–Crippen LogP) is 3.18. The molecule has 2 aliphatic rings. The minimum absolute atomic E-state index is 0.103. The third-order valence-electron chi connectivity index (χ3n) is 5.21. The summed E-state index contributed by atoms with van der Waals surface area (Å²) in [4.78, 5) is 0. The Bertz CT molecular complexity index is 474. The quantitative estimate of drug-likeness (QED) is 0.871. The maximum absolute atomic E-state index is 11.1. The van der Waals surface area contributed by atoms with Gasteiger partial charge in [0.25, 0.3) is 0 Å². The molecule has 104 valence electrons. The second-order valence-corrected chi connectivity index (χ2v) is 6.62. The molecule has 1 aliphatic heterocycles. The average molecular weight is 280 g/mol. The van der Waals surface area contributed by atoms with Crippen molar-refractivity contribution in [3.8, 4) is 0 Å². The highest BCUT2D eigenvalue weighted by Crippen LogP contribution is 2.51. The molecule has 1 aromatic rings. The van der Waals surface area contributed by atoms with Gasteiger partial charge in [-0.3, -0.25) is 0 Å². The molecular formula is C16H22ClNO. The predicted molar refractivity (Wildman–Crippen MR) is 78.8 cm³/mol. The number of aryl methyl sites for hydroxylation is 1. The highest BCUT2D eigenvalue weighted by atomic mass is 35.5. The lowest BCUT2D eigenvalue weighted by atomic mass is 9.65. The minimum atomic E-state index is -0.609. The summed E-state index contributed by atoms with van der Waals surface area (Å²) in [6.45, 7) is 3.65. The molecule has 1 heterocycles. The van der Waals surface area contributed by atoms with Crippen LogP contribution in [0, 0.1) is 6.92 Å². The van der Waals surface area contributed by atoms with Crippen molar-refractivity contribution in [2.75, 3.05) is 13.1 Å². The van der Waals surface area contributed by atoms with E-state index >= 15 is 0 Å². The van der Waals surface area contributed by atoms with Crippen molar-refractivity contribution >= 4 is 11.6 Å². The number of aliphatic hydroxyl groups is 1. The first-order valence-electron chi connectivity index (χ1n) is 7.27. The number of hydrogen-bond acceptors (Lipinski definition) is 2. The Balaban J connectivity index is 2.07. The number of hydrogen-bond donors (Lipinski definition) is 2. The lowest BCUT2D eigenvalue weighted by Gasteiger charge is -2.43. The zero-order valence-corrected chi connectivity index (χ0v) is 12.3. The summed E-state index contributed by atoms with van der Waals surface area (Å²) >= 11 is 6.31. The number of halogens is 1. The fourth-order valence-electron chi connectivity index (χ4n) is 3.98. The van der Waals surface area contributed by atoms with E-state index in [-0.39, 0.29) is 5.41 Å². The number of nitrogens with one attached hydrogen (secondary N) is 1. The van der Waals surface area contributed by atoms with E-state index in [0.717, 1.165) is 36.4 Å². The Hall–Kier alpha value is -0.570. The first-order valence-corrected chi connectivity index (χ1v) is 7.65. The van der Waals surface area contributed by atoms with Crippen molar-refractivity contribution in [2.45, 2.75) is 50.0 Å². The molecule has 1 aromatic carbocycles. The average Bonchev–Trinajstić information content (AvgIpc) is 3.03. The third-order valence-corrected chi connectivity index (χ3v) is 5.61. The molecule has 0 spiro atoms. The van der Waals surface area contributed by atoms with Crippen molar-refractivity contribution in [1.29, 1.82) is 0 Å². The third kappa shape index (κ3) is 2.01. The van der Waals surface area contributed by atoms with Crippen LogP contribution in [0.3, 0.4) is 0 Å². The van der Waals surface area contributed by atoms with Crippen LogP contribution in [0.2, 0.25) is 5.02 Å². The molecule has 0 radical (unpaired) electrons. The van der Waals surface area contributed by atoms with Gasteiger partial charge in [-0.25, -0.2) is 0 Å². The van der Waals surface area contributed by atoms with Gasteiger partial charge in [0.05, 0.1) is 5.60 Å².